The Hall–Kier alpha value is -0.640. The third-order valence-electron chi connectivity index (χ3n) is 4.47. The summed E-state index contributed by atoms with van der Waals surface area (Å²) in [5.74, 6) is -0.276. The van der Waals surface area contributed by atoms with Crippen LogP contribution in [0.25, 0.3) is 0 Å². The summed E-state index contributed by atoms with van der Waals surface area (Å²) in [4.78, 5) is 2.41. The van der Waals surface area contributed by atoms with Crippen molar-refractivity contribution in [2.24, 2.45) is 0 Å². The van der Waals surface area contributed by atoms with Crippen LogP contribution in [-0.4, -0.2) is 30.6 Å². The van der Waals surface area contributed by atoms with E-state index in [9.17, 15) is 4.39 Å². The summed E-state index contributed by atoms with van der Waals surface area (Å²) in [6.07, 6.45) is 2.24. The molecule has 0 spiro atoms. The number of nitrogens with one attached hydrogen (secondary N) is 1. The van der Waals surface area contributed by atoms with E-state index in [0.29, 0.717) is 5.02 Å². The summed E-state index contributed by atoms with van der Waals surface area (Å²) in [5, 5.41) is 3.92. The minimum Gasteiger partial charge on any atom is -0.314 e. The molecule has 1 atom stereocenters. The van der Waals surface area contributed by atoms with Crippen LogP contribution in [0.4, 0.5) is 4.39 Å². The van der Waals surface area contributed by atoms with Crippen molar-refractivity contribution in [3.05, 3.63) is 34.6 Å². The molecule has 1 saturated heterocycles. The average Bonchev–Trinajstić information content (AvgIpc) is 2.39. The van der Waals surface area contributed by atoms with E-state index in [1.807, 2.05) is 7.05 Å². The highest BCUT2D eigenvalue weighted by molar-refractivity contribution is 6.31. The van der Waals surface area contributed by atoms with Gasteiger partial charge in [0.2, 0.25) is 0 Å². The molecule has 0 saturated carbocycles. The molecule has 2 rings (SSSR count). The van der Waals surface area contributed by atoms with E-state index in [-0.39, 0.29) is 17.4 Å². The summed E-state index contributed by atoms with van der Waals surface area (Å²) in [6.45, 7) is 6.47. The van der Waals surface area contributed by atoms with Crippen molar-refractivity contribution in [1.29, 1.82) is 0 Å². The van der Waals surface area contributed by atoms with Crippen molar-refractivity contribution >= 4 is 11.6 Å². The summed E-state index contributed by atoms with van der Waals surface area (Å²) in [6, 6.07) is 4.91. The SMILES string of the molecule is CNC1(C)CCN(C(C)c2ccc(F)cc2Cl)CC1. The lowest BCUT2D eigenvalue weighted by Crippen LogP contribution is -2.50. The number of nitrogens with zero attached hydrogens (tertiary/aromatic N) is 1. The van der Waals surface area contributed by atoms with Gasteiger partial charge in [-0.15, -0.1) is 0 Å². The molecule has 1 aliphatic heterocycles. The lowest BCUT2D eigenvalue weighted by Gasteiger charge is -2.42. The Morgan fingerprint density at radius 3 is 2.53 bits per heavy atom. The predicted molar refractivity (Wildman–Crippen MR) is 78.1 cm³/mol. The number of hydrogen-bond donors (Lipinski definition) is 1. The van der Waals surface area contributed by atoms with E-state index in [4.69, 9.17) is 11.6 Å². The first-order valence-electron chi connectivity index (χ1n) is 6.83. The molecule has 0 amide bonds. The van der Waals surface area contributed by atoms with Crippen LogP contribution in [0, 0.1) is 5.82 Å². The van der Waals surface area contributed by atoms with Crippen LogP contribution in [0.1, 0.15) is 38.3 Å². The fourth-order valence-corrected chi connectivity index (χ4v) is 3.02. The van der Waals surface area contributed by atoms with E-state index >= 15 is 0 Å². The molecule has 1 fully saturated rings. The first kappa shape index (κ1) is 14.8. The van der Waals surface area contributed by atoms with Gasteiger partial charge in [0.25, 0.3) is 0 Å². The van der Waals surface area contributed by atoms with Crippen LogP contribution in [0.15, 0.2) is 18.2 Å². The van der Waals surface area contributed by atoms with Crippen molar-refractivity contribution in [2.75, 3.05) is 20.1 Å². The molecule has 0 bridgehead atoms. The fourth-order valence-electron chi connectivity index (χ4n) is 2.69. The van der Waals surface area contributed by atoms with Crippen LogP contribution >= 0.6 is 11.6 Å². The number of piperidine rings is 1. The Morgan fingerprint density at radius 1 is 1.37 bits per heavy atom. The van der Waals surface area contributed by atoms with Gasteiger partial charge in [-0.05, 0) is 51.4 Å². The zero-order valence-electron chi connectivity index (χ0n) is 11.8. The second kappa shape index (κ2) is 5.78. The zero-order valence-corrected chi connectivity index (χ0v) is 12.6. The number of halogens is 2. The van der Waals surface area contributed by atoms with Gasteiger partial charge in [0.15, 0.2) is 0 Å². The Bertz CT molecular complexity index is 442. The Kier molecular flexibility index (Phi) is 4.49. The smallest absolute Gasteiger partial charge is 0.124 e. The molecule has 1 aliphatic rings. The molecule has 19 heavy (non-hydrogen) atoms. The second-order valence-corrected chi connectivity index (χ2v) is 6.10. The van der Waals surface area contributed by atoms with E-state index in [1.165, 1.54) is 12.1 Å². The molecule has 106 valence electrons. The molecular weight excluding hydrogens is 263 g/mol. The molecule has 4 heteroatoms. The zero-order chi connectivity index (χ0) is 14.0. The van der Waals surface area contributed by atoms with Crippen molar-refractivity contribution < 1.29 is 4.39 Å². The molecule has 1 aromatic rings. The normalized spacial score (nSPS) is 21.3. The molecule has 2 nitrogen and oxygen atoms in total. The maximum atomic E-state index is 13.1. The maximum Gasteiger partial charge on any atom is 0.124 e. The highest BCUT2D eigenvalue weighted by Gasteiger charge is 2.30. The van der Waals surface area contributed by atoms with Gasteiger partial charge in [0.1, 0.15) is 5.82 Å². The molecule has 0 aliphatic carbocycles. The summed E-state index contributed by atoms with van der Waals surface area (Å²) >= 11 is 6.15. The standard InChI is InChI=1S/C15H22ClFN2/c1-11(13-5-4-12(17)10-14(13)16)19-8-6-15(2,18-3)7-9-19/h4-5,10-11,18H,6-9H2,1-3H3. The number of likely N-dealkylation sites (tertiary alicyclic amines) is 1. The lowest BCUT2D eigenvalue weighted by atomic mass is 9.88. The molecule has 1 N–H and O–H groups in total. The third-order valence-corrected chi connectivity index (χ3v) is 4.79. The number of rotatable bonds is 3. The summed E-state index contributed by atoms with van der Waals surface area (Å²) < 4.78 is 13.1. The van der Waals surface area contributed by atoms with Crippen molar-refractivity contribution in [3.63, 3.8) is 0 Å². The summed E-state index contributed by atoms with van der Waals surface area (Å²) in [7, 11) is 2.02. The monoisotopic (exact) mass is 284 g/mol. The lowest BCUT2D eigenvalue weighted by molar-refractivity contribution is 0.117. The van der Waals surface area contributed by atoms with Gasteiger partial charge in [0.05, 0.1) is 0 Å². The number of benzene rings is 1. The Balaban J connectivity index is 2.07. The Labute approximate surface area is 119 Å². The molecule has 0 aromatic heterocycles. The maximum absolute atomic E-state index is 13.1. The van der Waals surface area contributed by atoms with E-state index in [1.54, 1.807) is 6.07 Å². The quantitative estimate of drug-likeness (QED) is 0.912. The minimum absolute atomic E-state index is 0.231. The molecule has 0 radical (unpaired) electrons. The molecule has 1 aromatic carbocycles. The van der Waals surface area contributed by atoms with Crippen LogP contribution in [0.3, 0.4) is 0 Å². The molecule has 1 heterocycles. The van der Waals surface area contributed by atoms with Gasteiger partial charge < -0.3 is 5.32 Å². The van der Waals surface area contributed by atoms with Crippen LogP contribution < -0.4 is 5.32 Å². The van der Waals surface area contributed by atoms with Crippen LogP contribution in [-0.2, 0) is 0 Å². The fraction of sp³-hybridized carbons (Fsp3) is 0.600. The van der Waals surface area contributed by atoms with Gasteiger partial charge >= 0.3 is 0 Å². The highest BCUT2D eigenvalue weighted by Crippen LogP contribution is 2.32. The average molecular weight is 285 g/mol. The Morgan fingerprint density at radius 2 is 2.00 bits per heavy atom. The van der Waals surface area contributed by atoms with Gasteiger partial charge in [-0.2, -0.15) is 0 Å². The first-order chi connectivity index (χ1) is 8.95. The van der Waals surface area contributed by atoms with Gasteiger partial charge in [-0.25, -0.2) is 4.39 Å². The highest BCUT2D eigenvalue weighted by atomic mass is 35.5. The van der Waals surface area contributed by atoms with Crippen molar-refractivity contribution in [1.82, 2.24) is 10.2 Å². The van der Waals surface area contributed by atoms with Crippen molar-refractivity contribution in [3.8, 4) is 0 Å². The topological polar surface area (TPSA) is 15.3 Å². The second-order valence-electron chi connectivity index (χ2n) is 5.69. The van der Waals surface area contributed by atoms with E-state index in [2.05, 4.69) is 24.1 Å². The summed E-state index contributed by atoms with van der Waals surface area (Å²) in [5.41, 5.74) is 1.25. The minimum atomic E-state index is -0.276. The number of hydrogen-bond acceptors (Lipinski definition) is 2. The first-order valence-corrected chi connectivity index (χ1v) is 7.21. The van der Waals surface area contributed by atoms with Gasteiger partial charge in [-0.3, -0.25) is 4.90 Å². The van der Waals surface area contributed by atoms with Crippen molar-refractivity contribution in [2.45, 2.75) is 38.3 Å². The third kappa shape index (κ3) is 3.28. The van der Waals surface area contributed by atoms with Gasteiger partial charge in [-0.1, -0.05) is 17.7 Å². The largest absolute Gasteiger partial charge is 0.314 e. The van der Waals surface area contributed by atoms with Crippen LogP contribution in [0.5, 0.6) is 0 Å². The van der Waals surface area contributed by atoms with Crippen LogP contribution in [0.2, 0.25) is 5.02 Å². The predicted octanol–water partition coefficient (Wildman–Crippen LogP) is 3.61. The van der Waals surface area contributed by atoms with E-state index in [0.717, 1.165) is 31.5 Å². The van der Waals surface area contributed by atoms with Gasteiger partial charge in [0, 0.05) is 29.7 Å². The van der Waals surface area contributed by atoms with E-state index < -0.39 is 0 Å². The molecule has 1 unspecified atom stereocenters. The molecular formula is C15H22ClFN2.